The molecule has 0 radical (unpaired) electrons. The van der Waals surface area contributed by atoms with Crippen molar-refractivity contribution in [3.05, 3.63) is 136 Å². The zero-order valence-corrected chi connectivity index (χ0v) is 36.7. The molecular formula is C48H48BrN3O7Si. The van der Waals surface area contributed by atoms with Crippen molar-refractivity contribution in [3.8, 4) is 17.2 Å². The number of anilines is 3. The van der Waals surface area contributed by atoms with Gasteiger partial charge in [0.05, 0.1) is 63.8 Å². The molecule has 5 atom stereocenters. The first kappa shape index (κ1) is 40.1. The molecule has 2 fully saturated rings. The third-order valence-electron chi connectivity index (χ3n) is 13.2. The van der Waals surface area contributed by atoms with Gasteiger partial charge in [-0.1, -0.05) is 89.7 Å². The van der Waals surface area contributed by atoms with Crippen molar-refractivity contribution in [2.45, 2.75) is 69.1 Å². The molecule has 0 unspecified atom stereocenters. The van der Waals surface area contributed by atoms with E-state index in [2.05, 4.69) is 48.1 Å². The van der Waals surface area contributed by atoms with E-state index in [1.807, 2.05) is 91.0 Å². The molecule has 308 valence electrons. The fourth-order valence-corrected chi connectivity index (χ4v) is 14.7. The van der Waals surface area contributed by atoms with Gasteiger partial charge in [0.15, 0.2) is 11.4 Å². The van der Waals surface area contributed by atoms with Crippen LogP contribution in [0.15, 0.2) is 120 Å². The van der Waals surface area contributed by atoms with Crippen LogP contribution in [0.1, 0.15) is 47.7 Å². The van der Waals surface area contributed by atoms with Crippen LogP contribution >= 0.6 is 15.9 Å². The third kappa shape index (κ3) is 6.55. The zero-order valence-electron chi connectivity index (χ0n) is 34.1. The maximum atomic E-state index is 15.6. The van der Waals surface area contributed by atoms with E-state index in [4.69, 9.17) is 14.2 Å². The molecule has 9 rings (SSSR count). The fourth-order valence-electron chi connectivity index (χ4n) is 10.3. The lowest BCUT2D eigenvalue weighted by Gasteiger charge is -2.37. The summed E-state index contributed by atoms with van der Waals surface area (Å²) in [6, 6.07) is 36.3. The second-order valence-corrected chi connectivity index (χ2v) is 22.5. The van der Waals surface area contributed by atoms with Crippen LogP contribution in [0.5, 0.6) is 17.2 Å². The van der Waals surface area contributed by atoms with Crippen molar-refractivity contribution in [2.24, 2.45) is 5.92 Å². The molecule has 5 aromatic rings. The average Bonchev–Trinajstić information content (AvgIpc) is 3.89. The molecule has 1 N–H and O–H groups in total. The van der Waals surface area contributed by atoms with E-state index < -0.39 is 19.8 Å². The number of fused-ring (bicyclic) bond motifs is 4. The van der Waals surface area contributed by atoms with E-state index in [1.54, 1.807) is 33.9 Å². The number of amides is 3. The number of halogens is 1. The normalized spacial score (nSPS) is 23.3. The Kier molecular flexibility index (Phi) is 10.5. The predicted molar refractivity (Wildman–Crippen MR) is 237 cm³/mol. The van der Waals surface area contributed by atoms with Crippen LogP contribution in [0.4, 0.5) is 17.1 Å². The monoisotopic (exact) mass is 885 g/mol. The fraction of sp³-hybridized carbons (Fsp3) is 0.312. The zero-order chi connectivity index (χ0) is 41.9. The molecule has 12 heteroatoms. The maximum absolute atomic E-state index is 15.6. The summed E-state index contributed by atoms with van der Waals surface area (Å²) in [5, 5.41) is 11.3. The molecule has 3 amide bonds. The van der Waals surface area contributed by atoms with E-state index in [1.165, 1.54) is 5.19 Å². The van der Waals surface area contributed by atoms with Gasteiger partial charge >= 0.3 is 0 Å². The number of carbonyl (C=O) groups is 3. The molecule has 0 aliphatic carbocycles. The van der Waals surface area contributed by atoms with Gasteiger partial charge in [-0.05, 0) is 90.7 Å². The number of benzene rings is 5. The number of likely N-dealkylation sites (tertiary alicyclic amines) is 1. The minimum Gasteiger partial charge on any atom is -0.497 e. The van der Waals surface area contributed by atoms with Gasteiger partial charge in [-0.15, -0.1) is 0 Å². The van der Waals surface area contributed by atoms with Gasteiger partial charge < -0.3 is 29.1 Å². The summed E-state index contributed by atoms with van der Waals surface area (Å²) >= 11 is 3.71. The topological polar surface area (TPSA) is 109 Å². The smallest absolute Gasteiger partial charge is 0.266 e. The Hall–Kier alpha value is -5.27. The van der Waals surface area contributed by atoms with Crippen LogP contribution in [0, 0.1) is 5.92 Å². The molecule has 4 aliphatic rings. The molecule has 4 aliphatic heterocycles. The van der Waals surface area contributed by atoms with Gasteiger partial charge in [0.1, 0.15) is 11.5 Å². The first-order valence-corrected chi connectivity index (χ1v) is 24.5. The largest absolute Gasteiger partial charge is 0.497 e. The molecule has 10 nitrogen and oxygen atoms in total. The highest BCUT2D eigenvalue weighted by molar-refractivity contribution is 9.10. The van der Waals surface area contributed by atoms with Crippen molar-refractivity contribution in [1.82, 2.24) is 4.90 Å². The van der Waals surface area contributed by atoms with Crippen molar-refractivity contribution in [3.63, 3.8) is 0 Å². The number of aliphatic hydroxyl groups excluding tert-OH is 1. The highest BCUT2D eigenvalue weighted by atomic mass is 79.9. The molecular weight excluding hydrogens is 839 g/mol. The van der Waals surface area contributed by atoms with Crippen molar-refractivity contribution >= 4 is 64.0 Å². The van der Waals surface area contributed by atoms with Crippen LogP contribution in [0.2, 0.25) is 18.6 Å². The summed E-state index contributed by atoms with van der Waals surface area (Å²) in [5.74, 6) is 1.04. The summed E-state index contributed by atoms with van der Waals surface area (Å²) in [5.41, 5.74) is 2.53. The van der Waals surface area contributed by atoms with E-state index >= 15 is 4.79 Å². The highest BCUT2D eigenvalue weighted by Crippen LogP contribution is 2.60. The summed E-state index contributed by atoms with van der Waals surface area (Å²) in [4.78, 5) is 49.3. The van der Waals surface area contributed by atoms with Gasteiger partial charge in [-0.3, -0.25) is 19.3 Å². The second-order valence-electron chi connectivity index (χ2n) is 16.9. The summed E-state index contributed by atoms with van der Waals surface area (Å²) in [7, 11) is -0.865. The van der Waals surface area contributed by atoms with Crippen LogP contribution in [0.3, 0.4) is 0 Å². The van der Waals surface area contributed by atoms with Crippen LogP contribution in [0.25, 0.3) is 0 Å². The lowest BCUT2D eigenvalue weighted by molar-refractivity contribution is -0.150. The van der Waals surface area contributed by atoms with Crippen molar-refractivity contribution < 1.29 is 33.7 Å². The van der Waals surface area contributed by atoms with Crippen LogP contribution in [-0.2, 0) is 26.5 Å². The summed E-state index contributed by atoms with van der Waals surface area (Å²) in [6.07, 6.45) is 1.15. The summed E-state index contributed by atoms with van der Waals surface area (Å²) < 4.78 is 19.9. The van der Waals surface area contributed by atoms with Gasteiger partial charge in [0.25, 0.3) is 11.8 Å². The number of carbonyl (C=O) groups excluding carboxylic acids is 3. The first-order chi connectivity index (χ1) is 29.0. The Balaban J connectivity index is 1.10. The van der Waals surface area contributed by atoms with Crippen LogP contribution in [-0.4, -0.2) is 68.2 Å². The van der Waals surface area contributed by atoms with Gasteiger partial charge in [0, 0.05) is 28.2 Å². The quantitative estimate of drug-likeness (QED) is 0.148. The number of ether oxygens (including phenoxy) is 3. The van der Waals surface area contributed by atoms with Crippen LogP contribution < -0.4 is 24.5 Å². The number of hydrogen-bond acceptors (Lipinski definition) is 7. The Morgan fingerprint density at radius 3 is 2.43 bits per heavy atom. The van der Waals surface area contributed by atoms with E-state index in [0.29, 0.717) is 35.0 Å². The number of hydrogen-bond donors (Lipinski definition) is 1. The van der Waals surface area contributed by atoms with Gasteiger partial charge in [-0.25, -0.2) is 0 Å². The molecule has 0 aromatic heterocycles. The number of aliphatic hydroxyl groups is 1. The van der Waals surface area contributed by atoms with Crippen molar-refractivity contribution in [2.75, 3.05) is 30.1 Å². The number of nitrogens with zero attached hydrogens (tertiary/aromatic N) is 3. The number of methoxy groups -OCH3 is 1. The van der Waals surface area contributed by atoms with E-state index in [0.717, 1.165) is 39.9 Å². The van der Waals surface area contributed by atoms with E-state index in [-0.39, 0.29) is 54.8 Å². The maximum Gasteiger partial charge on any atom is 0.266 e. The first-order valence-electron chi connectivity index (χ1n) is 20.6. The Morgan fingerprint density at radius 2 is 1.67 bits per heavy atom. The Morgan fingerprint density at radius 1 is 0.917 bits per heavy atom. The third-order valence-corrected chi connectivity index (χ3v) is 18.1. The Labute approximate surface area is 359 Å². The number of para-hydroxylation sites is 3. The molecule has 1 spiro atoms. The lowest BCUT2D eigenvalue weighted by Crippen LogP contribution is -2.52. The molecule has 0 bridgehead atoms. The molecule has 60 heavy (non-hydrogen) atoms. The highest BCUT2D eigenvalue weighted by Gasteiger charge is 2.66. The predicted octanol–water partition coefficient (Wildman–Crippen LogP) is 8.68. The molecule has 2 saturated heterocycles. The molecule has 0 saturated carbocycles. The molecule has 5 aromatic carbocycles. The van der Waals surface area contributed by atoms with Gasteiger partial charge in [-0.2, -0.15) is 0 Å². The molecule has 4 heterocycles. The summed E-state index contributed by atoms with van der Waals surface area (Å²) in [6.45, 7) is 7.46. The standard InChI is InChI=1S/C48H48BrN3O7Si/c1-30-45(60(3,4)36-21-19-35(57-2)20-22-36)43(27-44(54)50-24-10-13-34(50)29-53)59-48(30)38-26-32(49)18-23-39(38)51(47(48)56)28-31-11-9-12-33(25-31)52-40-15-6-8-17-42(40)58-41-16-7-5-14-37(41)46(52)55/h5-9,11-12,14-23,25-26,30,34,43,45,53H,10,13,24,27-29H2,1-4H3/t30-,34-,43+,45-,48+/m0/s1. The van der Waals surface area contributed by atoms with E-state index in [9.17, 15) is 14.7 Å². The minimum atomic E-state index is -2.52. The lowest BCUT2D eigenvalue weighted by atomic mass is 9.82. The SMILES string of the molecule is COc1ccc([Si](C)(C)[C@@H]2[C@@H](CC(=O)N3CCC[C@H]3CO)O[C@]3(C(=O)N(Cc4cccc(N5C(=O)c6ccccc6Oc6ccccc65)c4)c4ccc(Br)cc43)[C@H]2C)cc1. The Bertz CT molecular complexity index is 2500. The average molecular weight is 887 g/mol. The number of rotatable bonds is 9. The minimum absolute atomic E-state index is 0.0587. The second kappa shape index (κ2) is 15.6. The van der Waals surface area contributed by atoms with Gasteiger partial charge in [0.2, 0.25) is 5.91 Å². The van der Waals surface area contributed by atoms with Crippen molar-refractivity contribution in [1.29, 1.82) is 0 Å².